The Kier molecular flexibility index (Phi) is 5.73. The number of amides is 1. The van der Waals surface area contributed by atoms with E-state index < -0.39 is 0 Å². The van der Waals surface area contributed by atoms with E-state index in [2.05, 4.69) is 5.32 Å². The fourth-order valence-electron chi connectivity index (χ4n) is 1.91. The van der Waals surface area contributed by atoms with Gasteiger partial charge >= 0.3 is 0 Å². The van der Waals surface area contributed by atoms with Gasteiger partial charge in [0.05, 0.1) is 6.10 Å². The van der Waals surface area contributed by atoms with Crippen LogP contribution in [0.2, 0.25) is 0 Å². The molecule has 0 aromatic rings. The number of nitrogens with zero attached hydrogens (tertiary/aromatic N) is 1. The van der Waals surface area contributed by atoms with Crippen molar-refractivity contribution in [3.8, 4) is 0 Å². The number of nitrogens with one attached hydrogen (secondary N) is 1. The molecule has 1 aliphatic heterocycles. The Bertz CT molecular complexity index is 223. The predicted molar refractivity (Wildman–Crippen MR) is 63.1 cm³/mol. The van der Waals surface area contributed by atoms with Crippen molar-refractivity contribution in [1.29, 1.82) is 0 Å². The van der Waals surface area contributed by atoms with Gasteiger partial charge in [-0.05, 0) is 32.9 Å². The molecule has 16 heavy (non-hydrogen) atoms. The van der Waals surface area contributed by atoms with E-state index in [-0.39, 0.29) is 18.1 Å². The van der Waals surface area contributed by atoms with Crippen molar-refractivity contribution < 1.29 is 9.53 Å². The molecule has 3 N–H and O–H groups in total. The summed E-state index contributed by atoms with van der Waals surface area (Å²) in [6, 6.07) is 0. The summed E-state index contributed by atoms with van der Waals surface area (Å²) in [5.74, 6) is 0.0899. The molecule has 2 atom stereocenters. The van der Waals surface area contributed by atoms with Gasteiger partial charge in [0.25, 0.3) is 5.91 Å². The third-order valence-corrected chi connectivity index (χ3v) is 2.94. The lowest BCUT2D eigenvalue weighted by Gasteiger charge is -2.21. The number of hydrogen-bond acceptors (Lipinski definition) is 4. The van der Waals surface area contributed by atoms with Crippen LogP contribution in [0, 0.1) is 0 Å². The summed E-state index contributed by atoms with van der Waals surface area (Å²) in [4.78, 5) is 13.7. The molecule has 1 heterocycles. The van der Waals surface area contributed by atoms with Gasteiger partial charge in [0.15, 0.2) is 0 Å². The number of nitrogens with two attached hydrogens (primary N) is 1. The molecule has 1 aliphatic rings. The maximum atomic E-state index is 11.9. The van der Waals surface area contributed by atoms with Crippen LogP contribution in [-0.2, 0) is 9.53 Å². The van der Waals surface area contributed by atoms with Crippen LogP contribution in [0.3, 0.4) is 0 Å². The Balaban J connectivity index is 2.28. The van der Waals surface area contributed by atoms with Gasteiger partial charge in [-0.15, -0.1) is 0 Å². The molecule has 0 aromatic heterocycles. The van der Waals surface area contributed by atoms with E-state index in [1.807, 2.05) is 14.1 Å². The molecule has 0 bridgehead atoms. The molecule has 0 radical (unpaired) electrons. The van der Waals surface area contributed by atoms with E-state index in [0.717, 1.165) is 32.4 Å². The number of likely N-dealkylation sites (N-methyl/N-ethyl adjacent to an activating group) is 1. The molecule has 1 saturated heterocycles. The van der Waals surface area contributed by atoms with E-state index in [1.165, 1.54) is 0 Å². The molecule has 0 saturated carbocycles. The second kappa shape index (κ2) is 6.83. The summed E-state index contributed by atoms with van der Waals surface area (Å²) in [7, 11) is 3.74. The summed E-state index contributed by atoms with van der Waals surface area (Å²) in [6.45, 7) is 2.20. The van der Waals surface area contributed by atoms with Gasteiger partial charge in [-0.3, -0.25) is 4.79 Å². The summed E-state index contributed by atoms with van der Waals surface area (Å²) >= 11 is 0. The van der Waals surface area contributed by atoms with Crippen LogP contribution in [0.15, 0.2) is 0 Å². The van der Waals surface area contributed by atoms with Crippen LogP contribution in [-0.4, -0.2) is 56.7 Å². The fourth-order valence-corrected chi connectivity index (χ4v) is 1.91. The molecule has 1 rings (SSSR count). The smallest absolute Gasteiger partial charge is 0.251 e. The molecule has 5 heteroatoms. The first-order valence-electron chi connectivity index (χ1n) is 5.94. The van der Waals surface area contributed by atoms with Gasteiger partial charge in [-0.25, -0.2) is 0 Å². The third kappa shape index (κ3) is 3.73. The zero-order chi connectivity index (χ0) is 12.0. The Morgan fingerprint density at radius 1 is 1.56 bits per heavy atom. The van der Waals surface area contributed by atoms with Crippen LogP contribution in [0.1, 0.15) is 19.3 Å². The van der Waals surface area contributed by atoms with Gasteiger partial charge in [0, 0.05) is 20.1 Å². The van der Waals surface area contributed by atoms with Crippen LogP contribution < -0.4 is 11.1 Å². The standard InChI is InChI=1S/C11H23N3O2/c1-13-6-3-7-14(2)11(15)10-5-4-9(8-12)16-10/h9-10,13H,3-8,12H2,1-2H3. The molecule has 94 valence electrons. The Hall–Kier alpha value is -0.650. The SMILES string of the molecule is CNCCCN(C)C(=O)C1CCC(CN)O1. The number of hydrogen-bond donors (Lipinski definition) is 2. The number of rotatable bonds is 6. The summed E-state index contributed by atoms with van der Waals surface area (Å²) in [5, 5.41) is 3.06. The molecular formula is C11H23N3O2. The first-order chi connectivity index (χ1) is 7.69. The van der Waals surface area contributed by atoms with Crippen LogP contribution >= 0.6 is 0 Å². The van der Waals surface area contributed by atoms with Gasteiger partial charge < -0.3 is 20.7 Å². The molecule has 2 unspecified atom stereocenters. The normalized spacial score (nSPS) is 24.7. The highest BCUT2D eigenvalue weighted by Crippen LogP contribution is 2.20. The lowest BCUT2D eigenvalue weighted by Crippen LogP contribution is -2.38. The monoisotopic (exact) mass is 229 g/mol. The van der Waals surface area contributed by atoms with Gasteiger partial charge in [0.2, 0.25) is 0 Å². The van der Waals surface area contributed by atoms with Gasteiger partial charge in [-0.1, -0.05) is 0 Å². The molecule has 0 aromatic carbocycles. The van der Waals surface area contributed by atoms with E-state index in [9.17, 15) is 4.79 Å². The lowest BCUT2D eigenvalue weighted by molar-refractivity contribution is -0.141. The van der Waals surface area contributed by atoms with Crippen molar-refractivity contribution in [3.05, 3.63) is 0 Å². The number of ether oxygens (including phenoxy) is 1. The minimum absolute atomic E-state index is 0.0691. The predicted octanol–water partition coefficient (Wildman–Crippen LogP) is -0.439. The van der Waals surface area contributed by atoms with E-state index in [1.54, 1.807) is 4.90 Å². The van der Waals surface area contributed by atoms with Crippen molar-refractivity contribution in [3.63, 3.8) is 0 Å². The Labute approximate surface area is 97.3 Å². The van der Waals surface area contributed by atoms with Crippen LogP contribution in [0.4, 0.5) is 0 Å². The second-order valence-electron chi connectivity index (χ2n) is 4.28. The van der Waals surface area contributed by atoms with E-state index in [4.69, 9.17) is 10.5 Å². The summed E-state index contributed by atoms with van der Waals surface area (Å²) < 4.78 is 5.57. The molecule has 1 fully saturated rings. The summed E-state index contributed by atoms with van der Waals surface area (Å²) in [5.41, 5.74) is 5.51. The fraction of sp³-hybridized carbons (Fsp3) is 0.909. The van der Waals surface area contributed by atoms with E-state index >= 15 is 0 Å². The molecule has 0 aliphatic carbocycles. The highest BCUT2D eigenvalue weighted by molar-refractivity contribution is 5.80. The zero-order valence-electron chi connectivity index (χ0n) is 10.2. The largest absolute Gasteiger partial charge is 0.364 e. The number of carbonyl (C=O) groups is 1. The minimum atomic E-state index is -0.270. The quantitative estimate of drug-likeness (QED) is 0.606. The molecular weight excluding hydrogens is 206 g/mol. The van der Waals surface area contributed by atoms with Crippen molar-refractivity contribution in [2.45, 2.75) is 31.5 Å². The maximum Gasteiger partial charge on any atom is 0.251 e. The summed E-state index contributed by atoms with van der Waals surface area (Å²) in [6.07, 6.45) is 2.47. The highest BCUT2D eigenvalue weighted by Gasteiger charge is 2.31. The van der Waals surface area contributed by atoms with Crippen molar-refractivity contribution in [2.24, 2.45) is 5.73 Å². The van der Waals surface area contributed by atoms with Gasteiger partial charge in [0.1, 0.15) is 6.10 Å². The maximum absolute atomic E-state index is 11.9. The Morgan fingerprint density at radius 2 is 2.31 bits per heavy atom. The Morgan fingerprint density at radius 3 is 2.88 bits per heavy atom. The van der Waals surface area contributed by atoms with Crippen LogP contribution in [0.25, 0.3) is 0 Å². The van der Waals surface area contributed by atoms with Crippen molar-refractivity contribution in [2.75, 3.05) is 33.7 Å². The first kappa shape index (κ1) is 13.4. The number of carbonyl (C=O) groups excluding carboxylic acids is 1. The average molecular weight is 229 g/mol. The third-order valence-electron chi connectivity index (χ3n) is 2.94. The topological polar surface area (TPSA) is 67.6 Å². The van der Waals surface area contributed by atoms with Crippen molar-refractivity contribution >= 4 is 5.91 Å². The van der Waals surface area contributed by atoms with Crippen molar-refractivity contribution in [1.82, 2.24) is 10.2 Å². The zero-order valence-corrected chi connectivity index (χ0v) is 10.2. The lowest BCUT2D eigenvalue weighted by atomic mass is 10.2. The molecule has 1 amide bonds. The molecule has 5 nitrogen and oxygen atoms in total. The highest BCUT2D eigenvalue weighted by atomic mass is 16.5. The second-order valence-corrected chi connectivity index (χ2v) is 4.28. The van der Waals surface area contributed by atoms with Gasteiger partial charge in [-0.2, -0.15) is 0 Å². The minimum Gasteiger partial charge on any atom is -0.364 e. The van der Waals surface area contributed by atoms with Crippen LogP contribution in [0.5, 0.6) is 0 Å². The first-order valence-corrected chi connectivity index (χ1v) is 5.94. The molecule has 0 spiro atoms. The average Bonchev–Trinajstić information content (AvgIpc) is 2.76. The van der Waals surface area contributed by atoms with E-state index in [0.29, 0.717) is 6.54 Å².